The van der Waals surface area contributed by atoms with Crippen molar-refractivity contribution in [2.45, 2.75) is 39.8 Å². The fourth-order valence-corrected chi connectivity index (χ4v) is 2.86. The maximum atomic E-state index is 12.2. The summed E-state index contributed by atoms with van der Waals surface area (Å²) < 4.78 is 3.52. The van der Waals surface area contributed by atoms with Crippen molar-refractivity contribution in [2.24, 2.45) is 0 Å². The Morgan fingerprint density at radius 3 is 2.22 bits per heavy atom. The quantitative estimate of drug-likeness (QED) is 0.810. The van der Waals surface area contributed by atoms with E-state index < -0.39 is 0 Å². The van der Waals surface area contributed by atoms with Crippen molar-refractivity contribution in [3.8, 4) is 0 Å². The van der Waals surface area contributed by atoms with Crippen molar-refractivity contribution in [3.63, 3.8) is 0 Å². The summed E-state index contributed by atoms with van der Waals surface area (Å²) in [6.07, 6.45) is 1.41. The van der Waals surface area contributed by atoms with Crippen LogP contribution < -0.4 is 5.69 Å². The first-order valence-electron chi connectivity index (χ1n) is 6.46. The minimum Gasteiger partial charge on any atom is -0.294 e. The summed E-state index contributed by atoms with van der Waals surface area (Å²) in [5.41, 5.74) is 3.75. The van der Waals surface area contributed by atoms with Gasteiger partial charge in [-0.3, -0.25) is 13.9 Å². The third-order valence-corrected chi connectivity index (χ3v) is 3.80. The van der Waals surface area contributed by atoms with E-state index in [1.807, 2.05) is 26.0 Å². The van der Waals surface area contributed by atoms with Gasteiger partial charge in [0, 0.05) is 25.1 Å². The molecule has 4 nitrogen and oxygen atoms in total. The van der Waals surface area contributed by atoms with E-state index in [-0.39, 0.29) is 11.5 Å². The number of hydrogen-bond acceptors (Lipinski definition) is 2. The highest BCUT2D eigenvalue weighted by atomic mass is 16.1. The molecule has 94 valence electrons. The number of imidazole rings is 1. The Labute approximate surface area is 105 Å². The van der Waals surface area contributed by atoms with Gasteiger partial charge < -0.3 is 0 Å². The first-order chi connectivity index (χ1) is 8.67. The second kappa shape index (κ2) is 3.83. The van der Waals surface area contributed by atoms with Gasteiger partial charge in [0.15, 0.2) is 5.78 Å². The monoisotopic (exact) mass is 244 g/mol. The minimum absolute atomic E-state index is 0.0196. The van der Waals surface area contributed by atoms with Crippen LogP contribution in [0.1, 0.15) is 36.2 Å². The fraction of sp³-hybridized carbons (Fsp3) is 0.429. The van der Waals surface area contributed by atoms with Crippen LogP contribution in [0.4, 0.5) is 0 Å². The first kappa shape index (κ1) is 11.3. The van der Waals surface area contributed by atoms with E-state index >= 15 is 0 Å². The molecule has 0 radical (unpaired) electrons. The molecule has 1 aliphatic rings. The lowest BCUT2D eigenvalue weighted by Gasteiger charge is -2.02. The van der Waals surface area contributed by atoms with Crippen LogP contribution in [0.15, 0.2) is 16.9 Å². The van der Waals surface area contributed by atoms with E-state index in [1.165, 1.54) is 0 Å². The molecule has 2 aromatic rings. The molecule has 1 heterocycles. The molecule has 1 aliphatic carbocycles. The van der Waals surface area contributed by atoms with Gasteiger partial charge in [0.05, 0.1) is 11.0 Å². The van der Waals surface area contributed by atoms with Gasteiger partial charge in [-0.25, -0.2) is 4.79 Å². The molecular formula is C14H16N2O2. The Balaban J connectivity index is 2.43. The zero-order valence-corrected chi connectivity index (χ0v) is 10.7. The lowest BCUT2D eigenvalue weighted by atomic mass is 10.1. The lowest BCUT2D eigenvalue weighted by Crippen LogP contribution is -2.23. The number of carbonyl (C=O) groups is 1. The molecule has 0 unspecified atom stereocenters. The van der Waals surface area contributed by atoms with Crippen LogP contribution in [0, 0.1) is 0 Å². The minimum atomic E-state index is 0.0196. The van der Waals surface area contributed by atoms with Crippen LogP contribution in [-0.2, 0) is 19.5 Å². The van der Waals surface area contributed by atoms with Gasteiger partial charge in [0.2, 0.25) is 0 Å². The Morgan fingerprint density at radius 1 is 1.00 bits per heavy atom. The van der Waals surface area contributed by atoms with Crippen molar-refractivity contribution in [1.29, 1.82) is 0 Å². The molecule has 0 N–H and O–H groups in total. The van der Waals surface area contributed by atoms with Gasteiger partial charge in [0.25, 0.3) is 0 Å². The number of rotatable bonds is 2. The van der Waals surface area contributed by atoms with Crippen LogP contribution in [-0.4, -0.2) is 14.9 Å². The normalized spacial score (nSPS) is 14.4. The van der Waals surface area contributed by atoms with Gasteiger partial charge in [0.1, 0.15) is 0 Å². The van der Waals surface area contributed by atoms with Crippen molar-refractivity contribution < 1.29 is 4.79 Å². The molecule has 0 atom stereocenters. The van der Waals surface area contributed by atoms with Gasteiger partial charge in [-0.15, -0.1) is 0 Å². The summed E-state index contributed by atoms with van der Waals surface area (Å²) in [5.74, 6) is 0.200. The molecule has 0 saturated heterocycles. The molecule has 0 amide bonds. The zero-order chi connectivity index (χ0) is 12.9. The molecule has 1 aromatic carbocycles. The summed E-state index contributed by atoms with van der Waals surface area (Å²) >= 11 is 0. The number of aryl methyl sites for hydroxylation is 3. The van der Waals surface area contributed by atoms with E-state index in [1.54, 1.807) is 9.13 Å². The number of benzene rings is 1. The lowest BCUT2D eigenvalue weighted by molar-refractivity contribution is 0.0994. The predicted octanol–water partition coefficient (Wildman–Crippen LogP) is 1.97. The first-order valence-corrected chi connectivity index (χ1v) is 6.46. The number of Topliss-reactive ketones (excluding diaryl/α,β-unsaturated/α-hetero) is 1. The smallest absolute Gasteiger partial charge is 0.294 e. The van der Waals surface area contributed by atoms with Crippen molar-refractivity contribution >= 4 is 16.8 Å². The summed E-state index contributed by atoms with van der Waals surface area (Å²) in [5, 5.41) is 0. The maximum Gasteiger partial charge on any atom is 0.329 e. The third kappa shape index (κ3) is 1.32. The van der Waals surface area contributed by atoms with Gasteiger partial charge in [-0.1, -0.05) is 0 Å². The van der Waals surface area contributed by atoms with E-state index in [0.717, 1.165) is 28.6 Å². The number of fused-ring (bicyclic) bond motifs is 2. The van der Waals surface area contributed by atoms with Crippen molar-refractivity contribution in [1.82, 2.24) is 9.13 Å². The van der Waals surface area contributed by atoms with E-state index in [0.29, 0.717) is 19.5 Å². The molecular weight excluding hydrogens is 228 g/mol. The Hall–Kier alpha value is -1.84. The summed E-state index contributed by atoms with van der Waals surface area (Å²) in [6, 6.07) is 3.92. The van der Waals surface area contributed by atoms with Crippen LogP contribution in [0.25, 0.3) is 11.0 Å². The Morgan fingerprint density at radius 2 is 1.61 bits per heavy atom. The highest BCUT2D eigenvalue weighted by Gasteiger charge is 2.22. The molecule has 0 aliphatic heterocycles. The molecule has 0 saturated carbocycles. The van der Waals surface area contributed by atoms with E-state index in [4.69, 9.17) is 0 Å². The van der Waals surface area contributed by atoms with Crippen molar-refractivity contribution in [3.05, 3.63) is 33.7 Å². The van der Waals surface area contributed by atoms with E-state index in [9.17, 15) is 9.59 Å². The summed E-state index contributed by atoms with van der Waals surface area (Å²) in [6.45, 7) is 5.22. The van der Waals surface area contributed by atoms with Crippen LogP contribution >= 0.6 is 0 Å². The summed E-state index contributed by atoms with van der Waals surface area (Å²) in [4.78, 5) is 24.0. The SMILES string of the molecule is CCn1c(=O)n(CC)c2cc3c(cc21)CCC3=O. The second-order valence-corrected chi connectivity index (χ2v) is 4.69. The van der Waals surface area contributed by atoms with Crippen LogP contribution in [0.2, 0.25) is 0 Å². The summed E-state index contributed by atoms with van der Waals surface area (Å²) in [7, 11) is 0. The number of ketones is 1. The number of carbonyl (C=O) groups excluding carboxylic acids is 1. The molecule has 1 aromatic heterocycles. The molecule has 3 rings (SSSR count). The fourth-order valence-electron chi connectivity index (χ4n) is 2.86. The number of nitrogens with zero attached hydrogens (tertiary/aromatic N) is 2. The molecule has 4 heteroatoms. The topological polar surface area (TPSA) is 44.0 Å². The number of aromatic nitrogens is 2. The molecule has 18 heavy (non-hydrogen) atoms. The van der Waals surface area contributed by atoms with Crippen molar-refractivity contribution in [2.75, 3.05) is 0 Å². The Bertz CT molecular complexity index is 707. The third-order valence-electron chi connectivity index (χ3n) is 3.80. The number of hydrogen-bond donors (Lipinski definition) is 0. The standard InChI is InChI=1S/C14H16N2O2/c1-3-15-11-7-9-5-6-13(17)10(9)8-12(11)16(4-2)14(15)18/h7-8H,3-6H2,1-2H3. The molecule has 0 bridgehead atoms. The maximum absolute atomic E-state index is 12.2. The average Bonchev–Trinajstić information content (AvgIpc) is 2.85. The van der Waals surface area contributed by atoms with Gasteiger partial charge >= 0.3 is 5.69 Å². The Kier molecular flexibility index (Phi) is 2.40. The van der Waals surface area contributed by atoms with Crippen LogP contribution in [0.3, 0.4) is 0 Å². The average molecular weight is 244 g/mol. The van der Waals surface area contributed by atoms with Crippen LogP contribution in [0.5, 0.6) is 0 Å². The molecule has 0 spiro atoms. The van der Waals surface area contributed by atoms with E-state index in [2.05, 4.69) is 0 Å². The highest BCUT2D eigenvalue weighted by Crippen LogP contribution is 2.27. The van der Waals surface area contributed by atoms with Gasteiger partial charge in [-0.05, 0) is 38.0 Å². The zero-order valence-electron chi connectivity index (χ0n) is 10.7. The van der Waals surface area contributed by atoms with Gasteiger partial charge in [-0.2, -0.15) is 0 Å². The predicted molar refractivity (Wildman–Crippen MR) is 70.2 cm³/mol. The highest BCUT2D eigenvalue weighted by molar-refractivity contribution is 6.03. The molecule has 0 fully saturated rings. The largest absolute Gasteiger partial charge is 0.329 e. The second-order valence-electron chi connectivity index (χ2n) is 4.69.